The molecule has 4 rings (SSSR count). The average Bonchev–Trinajstić information content (AvgIpc) is 3.36. The Balaban J connectivity index is 1.41. The van der Waals surface area contributed by atoms with Gasteiger partial charge in [0.25, 0.3) is 0 Å². The molecule has 0 N–H and O–H groups in total. The molecule has 3 saturated heterocycles. The van der Waals surface area contributed by atoms with Gasteiger partial charge in [-0.2, -0.15) is 4.31 Å². The second-order valence-electron chi connectivity index (χ2n) is 9.07. The van der Waals surface area contributed by atoms with Gasteiger partial charge < -0.3 is 4.90 Å². The number of hydrogen-bond donors (Lipinski definition) is 0. The van der Waals surface area contributed by atoms with E-state index >= 15 is 0 Å². The molecule has 3 fully saturated rings. The van der Waals surface area contributed by atoms with Gasteiger partial charge in [0.2, 0.25) is 15.9 Å². The zero-order valence-corrected chi connectivity index (χ0v) is 18.5. The van der Waals surface area contributed by atoms with Crippen molar-refractivity contribution in [2.75, 3.05) is 39.8 Å². The molecular weight excluding hydrogens is 386 g/mol. The lowest BCUT2D eigenvalue weighted by Crippen LogP contribution is -2.44. The molecular formula is C22H33N3O3S. The SMILES string of the molecule is CCc1ccc(S(=O)(=O)N2CCC3(CC2)CC(C(=O)N2CCCC2)N(C)C3)cc1. The number of aryl methyl sites for hydroxylation is 1. The molecule has 1 aromatic carbocycles. The molecule has 1 atom stereocenters. The van der Waals surface area contributed by atoms with Crippen LogP contribution in [0.25, 0.3) is 0 Å². The molecule has 1 unspecified atom stereocenters. The molecule has 6 nitrogen and oxygen atoms in total. The zero-order chi connectivity index (χ0) is 20.6. The van der Waals surface area contributed by atoms with Crippen LogP contribution in [0.5, 0.6) is 0 Å². The number of rotatable bonds is 4. The summed E-state index contributed by atoms with van der Waals surface area (Å²) in [5.74, 6) is 0.271. The Morgan fingerprint density at radius 2 is 1.69 bits per heavy atom. The lowest BCUT2D eigenvalue weighted by Gasteiger charge is -2.38. The van der Waals surface area contributed by atoms with Gasteiger partial charge in [0.15, 0.2) is 0 Å². The smallest absolute Gasteiger partial charge is 0.243 e. The van der Waals surface area contributed by atoms with Gasteiger partial charge >= 0.3 is 0 Å². The van der Waals surface area contributed by atoms with E-state index < -0.39 is 10.0 Å². The summed E-state index contributed by atoms with van der Waals surface area (Å²) in [4.78, 5) is 17.5. The number of likely N-dealkylation sites (tertiary alicyclic amines) is 2. The van der Waals surface area contributed by atoms with Crippen molar-refractivity contribution in [1.82, 2.24) is 14.1 Å². The molecule has 1 amide bonds. The van der Waals surface area contributed by atoms with Crippen LogP contribution in [0.2, 0.25) is 0 Å². The number of piperidine rings is 1. The summed E-state index contributed by atoms with van der Waals surface area (Å²) in [6, 6.07) is 7.22. The molecule has 1 spiro atoms. The summed E-state index contributed by atoms with van der Waals surface area (Å²) < 4.78 is 27.7. The minimum atomic E-state index is -3.45. The van der Waals surface area contributed by atoms with Crippen molar-refractivity contribution in [3.63, 3.8) is 0 Å². The lowest BCUT2D eigenvalue weighted by atomic mass is 9.77. The third-order valence-corrected chi connectivity index (χ3v) is 9.11. The van der Waals surface area contributed by atoms with Crippen LogP contribution in [0, 0.1) is 5.41 Å². The number of carbonyl (C=O) groups excluding carboxylic acids is 1. The number of sulfonamides is 1. The van der Waals surface area contributed by atoms with E-state index in [-0.39, 0.29) is 17.4 Å². The second kappa shape index (κ2) is 8.00. The number of amides is 1. The fourth-order valence-corrected chi connectivity index (χ4v) is 6.74. The van der Waals surface area contributed by atoms with Gasteiger partial charge in [-0.3, -0.25) is 9.69 Å². The Kier molecular flexibility index (Phi) is 5.75. The zero-order valence-electron chi connectivity index (χ0n) is 17.6. The van der Waals surface area contributed by atoms with Crippen LogP contribution in [0.3, 0.4) is 0 Å². The molecule has 0 saturated carbocycles. The van der Waals surface area contributed by atoms with E-state index in [1.54, 1.807) is 16.4 Å². The van der Waals surface area contributed by atoms with Crippen LogP contribution in [0.15, 0.2) is 29.2 Å². The molecule has 1 aromatic rings. The van der Waals surface area contributed by atoms with Crippen molar-refractivity contribution in [1.29, 1.82) is 0 Å². The minimum absolute atomic E-state index is 0.0437. The van der Waals surface area contributed by atoms with E-state index in [4.69, 9.17) is 0 Å². The Labute approximate surface area is 174 Å². The van der Waals surface area contributed by atoms with E-state index in [1.165, 1.54) is 0 Å². The molecule has 3 aliphatic heterocycles. The van der Waals surface area contributed by atoms with Gasteiger partial charge in [-0.25, -0.2) is 8.42 Å². The quantitative estimate of drug-likeness (QED) is 0.752. The van der Waals surface area contributed by atoms with Crippen LogP contribution in [-0.2, 0) is 21.2 Å². The Hall–Kier alpha value is -1.44. The first-order valence-corrected chi connectivity index (χ1v) is 12.4. The van der Waals surface area contributed by atoms with Crippen LogP contribution < -0.4 is 0 Å². The lowest BCUT2D eigenvalue weighted by molar-refractivity contribution is -0.134. The van der Waals surface area contributed by atoms with Crippen LogP contribution in [0.4, 0.5) is 0 Å². The maximum absolute atomic E-state index is 13.1. The molecule has 160 valence electrons. The fraction of sp³-hybridized carbons (Fsp3) is 0.682. The topological polar surface area (TPSA) is 60.9 Å². The van der Waals surface area contributed by atoms with Gasteiger partial charge in [0, 0.05) is 32.7 Å². The summed E-state index contributed by atoms with van der Waals surface area (Å²) in [6.45, 7) is 5.80. The van der Waals surface area contributed by atoms with Gasteiger partial charge in [0.05, 0.1) is 10.9 Å². The number of likely N-dealkylation sites (N-methyl/N-ethyl adjacent to an activating group) is 1. The molecule has 3 heterocycles. The van der Waals surface area contributed by atoms with Crippen LogP contribution >= 0.6 is 0 Å². The minimum Gasteiger partial charge on any atom is -0.341 e. The third-order valence-electron chi connectivity index (χ3n) is 7.20. The highest BCUT2D eigenvalue weighted by molar-refractivity contribution is 7.89. The summed E-state index contributed by atoms with van der Waals surface area (Å²) in [5, 5.41) is 0. The van der Waals surface area contributed by atoms with Crippen molar-refractivity contribution in [3.8, 4) is 0 Å². The highest BCUT2D eigenvalue weighted by atomic mass is 32.2. The first-order chi connectivity index (χ1) is 13.8. The molecule has 29 heavy (non-hydrogen) atoms. The molecule has 0 aromatic heterocycles. The average molecular weight is 420 g/mol. The molecule has 3 aliphatic rings. The fourth-order valence-electron chi connectivity index (χ4n) is 5.30. The molecule has 0 radical (unpaired) electrons. The normalized spacial score (nSPS) is 25.7. The number of nitrogens with zero attached hydrogens (tertiary/aromatic N) is 3. The second-order valence-corrected chi connectivity index (χ2v) is 11.0. The van der Waals surface area contributed by atoms with Crippen molar-refractivity contribution in [2.24, 2.45) is 5.41 Å². The third kappa shape index (κ3) is 3.97. The molecule has 0 bridgehead atoms. The van der Waals surface area contributed by atoms with Gasteiger partial charge in [-0.1, -0.05) is 19.1 Å². The summed E-state index contributed by atoms with van der Waals surface area (Å²) in [7, 11) is -1.40. The predicted octanol–water partition coefficient (Wildman–Crippen LogP) is 2.35. The number of hydrogen-bond acceptors (Lipinski definition) is 4. The Morgan fingerprint density at radius 3 is 2.28 bits per heavy atom. The number of benzene rings is 1. The van der Waals surface area contributed by atoms with Gasteiger partial charge in [-0.05, 0) is 68.7 Å². The van der Waals surface area contributed by atoms with Crippen LogP contribution in [0.1, 0.15) is 44.6 Å². The first-order valence-electron chi connectivity index (χ1n) is 10.9. The first kappa shape index (κ1) is 20.8. The molecule has 7 heteroatoms. The summed E-state index contributed by atoms with van der Waals surface area (Å²) in [5.41, 5.74) is 1.21. The van der Waals surface area contributed by atoms with E-state index in [0.717, 1.165) is 63.7 Å². The standard InChI is InChI=1S/C22H33N3O3S/c1-3-18-6-8-19(9-7-18)29(27,28)25-14-10-22(11-15-25)16-20(23(2)17-22)21(26)24-12-4-5-13-24/h6-9,20H,3-5,10-17H2,1-2H3. The van der Waals surface area contributed by atoms with E-state index in [1.807, 2.05) is 24.1 Å². The number of carbonyl (C=O) groups is 1. The van der Waals surface area contributed by atoms with Crippen molar-refractivity contribution < 1.29 is 13.2 Å². The van der Waals surface area contributed by atoms with Gasteiger partial charge in [-0.15, -0.1) is 0 Å². The Bertz CT molecular complexity index is 839. The van der Waals surface area contributed by atoms with E-state index in [2.05, 4.69) is 11.8 Å². The Morgan fingerprint density at radius 1 is 1.07 bits per heavy atom. The van der Waals surface area contributed by atoms with E-state index in [9.17, 15) is 13.2 Å². The van der Waals surface area contributed by atoms with E-state index in [0.29, 0.717) is 18.0 Å². The highest BCUT2D eigenvalue weighted by Gasteiger charge is 2.48. The maximum atomic E-state index is 13.1. The predicted molar refractivity (Wildman–Crippen MR) is 113 cm³/mol. The molecule has 0 aliphatic carbocycles. The van der Waals surface area contributed by atoms with Crippen molar-refractivity contribution >= 4 is 15.9 Å². The van der Waals surface area contributed by atoms with Crippen molar-refractivity contribution in [3.05, 3.63) is 29.8 Å². The monoisotopic (exact) mass is 419 g/mol. The maximum Gasteiger partial charge on any atom is 0.243 e. The highest BCUT2D eigenvalue weighted by Crippen LogP contribution is 2.44. The largest absolute Gasteiger partial charge is 0.341 e. The summed E-state index contributed by atoms with van der Waals surface area (Å²) in [6.07, 6.45) is 5.63. The van der Waals surface area contributed by atoms with Crippen LogP contribution in [-0.4, -0.2) is 74.2 Å². The van der Waals surface area contributed by atoms with Crippen molar-refractivity contribution in [2.45, 2.75) is 56.4 Å². The van der Waals surface area contributed by atoms with Gasteiger partial charge in [0.1, 0.15) is 0 Å². The summed E-state index contributed by atoms with van der Waals surface area (Å²) >= 11 is 0.